The van der Waals surface area contributed by atoms with Gasteiger partial charge >= 0.3 is 0 Å². The standard InChI is InChI=1S/C43H45ClN6O6/c1-42(2)40(43(3,4)41(42)56-30-10-7-26(20-45)33(44)19-30)46-29-8-5-25(6-9-29)37(53)49-15-13-24(14-16-49)21-48-22-27-17-31-32(18-28(27)23-48)39(55)50(38(31)54)34-11-12-35(51)47-36(34)52/h5-10,17-19,24,34,40-41,46H,11-16,21-23H2,1-4H3,(H,47,51,52)/t34-,40-,41-/m1/s1. The lowest BCUT2D eigenvalue weighted by Crippen LogP contribution is -2.72. The summed E-state index contributed by atoms with van der Waals surface area (Å²) in [7, 11) is 0. The maximum atomic E-state index is 13.6. The normalized spacial score (nSPS) is 24.2. The maximum Gasteiger partial charge on any atom is 0.262 e. The van der Waals surface area contributed by atoms with E-state index < -0.39 is 29.7 Å². The lowest BCUT2D eigenvalue weighted by molar-refractivity contribution is -0.147. The number of benzene rings is 3. The molecule has 12 nitrogen and oxygen atoms in total. The number of hydrogen-bond donors (Lipinski definition) is 2. The molecule has 4 aliphatic heterocycles. The fraction of sp³-hybridized carbons (Fsp3) is 0.442. The van der Waals surface area contributed by atoms with Gasteiger partial charge in [0.05, 0.1) is 21.7 Å². The predicted molar refractivity (Wildman–Crippen MR) is 208 cm³/mol. The van der Waals surface area contributed by atoms with Crippen LogP contribution in [0.4, 0.5) is 5.69 Å². The number of nitriles is 1. The van der Waals surface area contributed by atoms with E-state index in [1.165, 1.54) is 0 Å². The van der Waals surface area contributed by atoms with Gasteiger partial charge in [-0.1, -0.05) is 39.3 Å². The van der Waals surface area contributed by atoms with Crippen molar-refractivity contribution in [2.24, 2.45) is 16.7 Å². The van der Waals surface area contributed by atoms with E-state index in [9.17, 15) is 29.2 Å². The Labute approximate surface area is 331 Å². The molecule has 8 rings (SSSR count). The molecular weight excluding hydrogens is 732 g/mol. The van der Waals surface area contributed by atoms with Crippen molar-refractivity contribution >= 4 is 46.8 Å². The largest absolute Gasteiger partial charge is 0.489 e. The highest BCUT2D eigenvalue weighted by molar-refractivity contribution is 6.31. The number of carbonyl (C=O) groups excluding carboxylic acids is 5. The van der Waals surface area contributed by atoms with E-state index in [0.717, 1.165) is 41.1 Å². The van der Waals surface area contributed by atoms with Crippen LogP contribution >= 0.6 is 11.6 Å². The Morgan fingerprint density at radius 3 is 2.11 bits per heavy atom. The molecule has 0 bridgehead atoms. The van der Waals surface area contributed by atoms with Crippen molar-refractivity contribution in [3.63, 3.8) is 0 Å². The minimum atomic E-state index is -0.975. The van der Waals surface area contributed by atoms with Crippen molar-refractivity contribution in [2.45, 2.75) is 84.7 Å². The van der Waals surface area contributed by atoms with Gasteiger partial charge < -0.3 is 15.0 Å². The van der Waals surface area contributed by atoms with E-state index in [-0.39, 0.29) is 41.7 Å². The number of hydrogen-bond acceptors (Lipinski definition) is 9. The van der Waals surface area contributed by atoms with Crippen LogP contribution in [0.5, 0.6) is 5.75 Å². The minimum Gasteiger partial charge on any atom is -0.489 e. The van der Waals surface area contributed by atoms with Gasteiger partial charge in [-0.3, -0.25) is 39.1 Å². The van der Waals surface area contributed by atoms with Gasteiger partial charge in [0.25, 0.3) is 17.7 Å². The molecule has 0 radical (unpaired) electrons. The third kappa shape index (κ3) is 6.50. The first kappa shape index (κ1) is 37.7. The Morgan fingerprint density at radius 1 is 0.911 bits per heavy atom. The Hall–Kier alpha value is -5.25. The van der Waals surface area contributed by atoms with E-state index in [1.807, 2.05) is 29.2 Å². The van der Waals surface area contributed by atoms with Gasteiger partial charge in [-0.15, -0.1) is 0 Å². The van der Waals surface area contributed by atoms with Crippen LogP contribution in [-0.4, -0.2) is 82.1 Å². The SMILES string of the molecule is CC1(C)[C@H](Nc2ccc(C(=O)N3CCC(CN4Cc5cc6c(cc5C4)C(=O)N([C@@H]4CCC(=O)NC4=O)C6=O)CC3)cc2)C(C)(C)[C@H]1Oc1ccc(C#N)c(Cl)c1. The topological polar surface area (TPSA) is 152 Å². The summed E-state index contributed by atoms with van der Waals surface area (Å²) in [6.45, 7) is 12.2. The Bertz CT molecular complexity index is 2140. The van der Waals surface area contributed by atoms with Gasteiger partial charge in [0.15, 0.2) is 0 Å². The first-order valence-corrected chi connectivity index (χ1v) is 19.7. The molecule has 0 unspecified atom stereocenters. The lowest BCUT2D eigenvalue weighted by atomic mass is 9.49. The smallest absolute Gasteiger partial charge is 0.262 e. The summed E-state index contributed by atoms with van der Waals surface area (Å²) in [5.41, 5.74) is 4.20. The second-order valence-corrected chi connectivity index (χ2v) is 17.5. The van der Waals surface area contributed by atoms with Crippen LogP contribution in [0, 0.1) is 28.1 Å². The molecule has 4 heterocycles. The van der Waals surface area contributed by atoms with Gasteiger partial charge in [-0.05, 0) is 84.8 Å². The van der Waals surface area contributed by atoms with E-state index >= 15 is 0 Å². The van der Waals surface area contributed by atoms with Crippen molar-refractivity contribution in [2.75, 3.05) is 25.0 Å². The van der Waals surface area contributed by atoms with E-state index in [1.54, 1.807) is 30.3 Å². The number of likely N-dealkylation sites (tertiary alicyclic amines) is 1. The molecule has 2 N–H and O–H groups in total. The first-order chi connectivity index (χ1) is 26.6. The van der Waals surface area contributed by atoms with Gasteiger partial charge in [0, 0.05) is 73.3 Å². The number of amides is 5. The molecule has 56 heavy (non-hydrogen) atoms. The van der Waals surface area contributed by atoms with Crippen LogP contribution in [0.25, 0.3) is 0 Å². The summed E-state index contributed by atoms with van der Waals surface area (Å²) in [4.78, 5) is 69.5. The zero-order valence-electron chi connectivity index (χ0n) is 32.0. The van der Waals surface area contributed by atoms with Gasteiger partial charge in [-0.25, -0.2) is 0 Å². The molecule has 3 aromatic carbocycles. The molecule has 13 heteroatoms. The number of anilines is 1. The molecule has 3 aromatic rings. The van der Waals surface area contributed by atoms with Crippen LogP contribution in [-0.2, 0) is 22.7 Å². The van der Waals surface area contributed by atoms with Gasteiger partial charge in [0.1, 0.15) is 24.0 Å². The number of nitrogens with one attached hydrogen (secondary N) is 2. The first-order valence-electron chi connectivity index (χ1n) is 19.3. The van der Waals surface area contributed by atoms with Crippen molar-refractivity contribution in [1.29, 1.82) is 5.26 Å². The molecule has 5 amide bonds. The molecule has 1 aliphatic carbocycles. The molecule has 0 aromatic heterocycles. The molecular formula is C43H45ClN6O6. The number of imide groups is 2. The Morgan fingerprint density at radius 2 is 1.54 bits per heavy atom. The highest BCUT2D eigenvalue weighted by atomic mass is 35.5. The van der Waals surface area contributed by atoms with E-state index in [2.05, 4.69) is 49.3 Å². The quantitative estimate of drug-likeness (QED) is 0.272. The lowest BCUT2D eigenvalue weighted by Gasteiger charge is -2.63. The van der Waals surface area contributed by atoms with Crippen molar-refractivity contribution < 1.29 is 28.7 Å². The van der Waals surface area contributed by atoms with Crippen LogP contribution in [0.1, 0.15) is 101 Å². The fourth-order valence-electron chi connectivity index (χ4n) is 9.91. The molecule has 2 saturated heterocycles. The number of nitrogens with zero attached hydrogens (tertiary/aromatic N) is 4. The Kier molecular flexibility index (Phi) is 9.45. The third-order valence-electron chi connectivity index (χ3n) is 12.6. The van der Waals surface area contributed by atoms with Crippen LogP contribution in [0.15, 0.2) is 54.6 Å². The summed E-state index contributed by atoms with van der Waals surface area (Å²) in [5, 5.41) is 15.5. The van der Waals surface area contributed by atoms with Crippen molar-refractivity contribution in [3.8, 4) is 11.8 Å². The highest BCUT2D eigenvalue weighted by Gasteiger charge is 2.63. The van der Waals surface area contributed by atoms with Crippen LogP contribution in [0.3, 0.4) is 0 Å². The molecule has 1 atom stereocenters. The number of piperidine rings is 2. The number of rotatable bonds is 8. The average molecular weight is 777 g/mol. The third-order valence-corrected chi connectivity index (χ3v) is 12.9. The molecule has 5 aliphatic rings. The highest BCUT2D eigenvalue weighted by Crippen LogP contribution is 2.56. The maximum absolute atomic E-state index is 13.6. The monoisotopic (exact) mass is 776 g/mol. The summed E-state index contributed by atoms with van der Waals surface area (Å²) in [6, 6.07) is 17.7. The number of carbonyl (C=O) groups is 5. The summed E-state index contributed by atoms with van der Waals surface area (Å²) in [5.74, 6) is -0.904. The zero-order chi connectivity index (χ0) is 39.7. The minimum absolute atomic E-state index is 0.0256. The fourth-order valence-corrected chi connectivity index (χ4v) is 10.1. The number of fused-ring (bicyclic) bond motifs is 2. The van der Waals surface area contributed by atoms with E-state index in [0.29, 0.717) is 65.1 Å². The van der Waals surface area contributed by atoms with Crippen LogP contribution < -0.4 is 15.4 Å². The van der Waals surface area contributed by atoms with Gasteiger partial charge in [-0.2, -0.15) is 5.26 Å². The van der Waals surface area contributed by atoms with Gasteiger partial charge in [0.2, 0.25) is 11.8 Å². The van der Waals surface area contributed by atoms with Crippen molar-refractivity contribution in [1.82, 2.24) is 20.0 Å². The molecule has 1 saturated carbocycles. The van der Waals surface area contributed by atoms with E-state index in [4.69, 9.17) is 16.3 Å². The second-order valence-electron chi connectivity index (χ2n) is 17.1. The van der Waals surface area contributed by atoms with Crippen LogP contribution in [0.2, 0.25) is 5.02 Å². The number of ether oxygens (including phenoxy) is 1. The van der Waals surface area contributed by atoms with Crippen molar-refractivity contribution in [3.05, 3.63) is 93.0 Å². The Balaban J connectivity index is 0.821. The summed E-state index contributed by atoms with van der Waals surface area (Å²) in [6.07, 6.45) is 1.89. The summed E-state index contributed by atoms with van der Waals surface area (Å²) < 4.78 is 6.43. The molecule has 290 valence electrons. The summed E-state index contributed by atoms with van der Waals surface area (Å²) >= 11 is 6.26. The average Bonchev–Trinajstić information content (AvgIpc) is 3.67. The number of halogens is 1. The second kappa shape index (κ2) is 14.0. The zero-order valence-corrected chi connectivity index (χ0v) is 32.7. The molecule has 3 fully saturated rings. The predicted octanol–water partition coefficient (Wildman–Crippen LogP) is 5.77. The molecule has 0 spiro atoms.